The molecule has 0 unspecified atom stereocenters. The van der Waals surface area contributed by atoms with Gasteiger partial charge in [-0.2, -0.15) is 0 Å². The molecule has 0 aliphatic rings. The number of H-pyrrole nitrogens is 1. The average Bonchev–Trinajstić information content (AvgIpc) is 2.71. The van der Waals surface area contributed by atoms with Crippen LogP contribution in [0, 0.1) is 6.92 Å². The monoisotopic (exact) mass is 380 g/mol. The SMILES string of the molecule is COc1ccc(CNC(=O)CCc2cc3cccc(C)c3[nH]c2=O)cc1OC. The normalized spacial score (nSPS) is 10.7. The highest BCUT2D eigenvalue weighted by molar-refractivity contribution is 5.82. The molecule has 3 rings (SSSR count). The highest BCUT2D eigenvalue weighted by Crippen LogP contribution is 2.27. The van der Waals surface area contributed by atoms with Crippen molar-refractivity contribution in [2.45, 2.75) is 26.3 Å². The minimum atomic E-state index is -0.144. The summed E-state index contributed by atoms with van der Waals surface area (Å²) in [5, 5.41) is 3.85. The largest absolute Gasteiger partial charge is 0.493 e. The molecule has 2 N–H and O–H groups in total. The number of hydrogen-bond donors (Lipinski definition) is 2. The van der Waals surface area contributed by atoms with Crippen LogP contribution in [0.15, 0.2) is 47.3 Å². The van der Waals surface area contributed by atoms with E-state index in [0.29, 0.717) is 30.0 Å². The van der Waals surface area contributed by atoms with E-state index in [1.165, 1.54) is 0 Å². The van der Waals surface area contributed by atoms with Gasteiger partial charge in [-0.1, -0.05) is 24.3 Å². The molecule has 0 saturated carbocycles. The Hall–Kier alpha value is -3.28. The molecule has 6 nitrogen and oxygen atoms in total. The summed E-state index contributed by atoms with van der Waals surface area (Å²) in [5.74, 6) is 1.15. The second kappa shape index (κ2) is 8.61. The van der Waals surface area contributed by atoms with Crippen molar-refractivity contribution in [2.75, 3.05) is 14.2 Å². The predicted molar refractivity (Wildman–Crippen MR) is 109 cm³/mol. The van der Waals surface area contributed by atoms with E-state index in [-0.39, 0.29) is 17.9 Å². The summed E-state index contributed by atoms with van der Waals surface area (Å²) < 4.78 is 10.5. The molecule has 1 aromatic heterocycles. The lowest BCUT2D eigenvalue weighted by Gasteiger charge is -2.10. The lowest BCUT2D eigenvalue weighted by atomic mass is 10.1. The highest BCUT2D eigenvalue weighted by atomic mass is 16.5. The zero-order valence-corrected chi connectivity index (χ0v) is 16.3. The molecule has 0 radical (unpaired) electrons. The van der Waals surface area contributed by atoms with E-state index >= 15 is 0 Å². The number of hydrogen-bond acceptors (Lipinski definition) is 4. The number of aromatic nitrogens is 1. The second-order valence-electron chi connectivity index (χ2n) is 6.63. The number of nitrogens with one attached hydrogen (secondary N) is 2. The van der Waals surface area contributed by atoms with Gasteiger partial charge in [0.05, 0.1) is 19.7 Å². The topological polar surface area (TPSA) is 80.4 Å². The molecule has 1 amide bonds. The van der Waals surface area contributed by atoms with Gasteiger partial charge in [-0.3, -0.25) is 9.59 Å². The number of para-hydroxylation sites is 1. The van der Waals surface area contributed by atoms with Crippen molar-refractivity contribution in [3.8, 4) is 11.5 Å². The van der Waals surface area contributed by atoms with Crippen LogP contribution in [0.2, 0.25) is 0 Å². The van der Waals surface area contributed by atoms with Crippen molar-refractivity contribution < 1.29 is 14.3 Å². The number of benzene rings is 2. The Kier molecular flexibility index (Phi) is 5.99. The van der Waals surface area contributed by atoms with E-state index < -0.39 is 0 Å². The lowest BCUT2D eigenvalue weighted by Crippen LogP contribution is -2.24. The first-order valence-corrected chi connectivity index (χ1v) is 9.11. The van der Waals surface area contributed by atoms with Crippen LogP contribution in [-0.4, -0.2) is 25.1 Å². The molecular weight excluding hydrogens is 356 g/mol. The number of carbonyl (C=O) groups is 1. The standard InChI is InChI=1S/C22H24N2O4/c1-14-5-4-6-16-12-17(22(26)24-21(14)16)8-10-20(25)23-13-15-7-9-18(27-2)19(11-15)28-3/h4-7,9,11-12H,8,10,13H2,1-3H3,(H,23,25)(H,24,26). The third-order valence-corrected chi connectivity index (χ3v) is 4.72. The average molecular weight is 380 g/mol. The van der Waals surface area contributed by atoms with Crippen LogP contribution in [0.1, 0.15) is 23.1 Å². The number of rotatable bonds is 7. The fourth-order valence-electron chi connectivity index (χ4n) is 3.14. The second-order valence-corrected chi connectivity index (χ2v) is 6.63. The summed E-state index contributed by atoms with van der Waals surface area (Å²) in [5.41, 5.74) is 3.24. The van der Waals surface area contributed by atoms with Gasteiger partial charge in [-0.05, 0) is 48.1 Å². The van der Waals surface area contributed by atoms with Crippen molar-refractivity contribution in [1.29, 1.82) is 0 Å². The van der Waals surface area contributed by atoms with Gasteiger partial charge < -0.3 is 19.8 Å². The zero-order valence-electron chi connectivity index (χ0n) is 16.3. The molecule has 1 heterocycles. The molecule has 0 aliphatic heterocycles. The molecule has 6 heteroatoms. The van der Waals surface area contributed by atoms with Gasteiger partial charge in [-0.25, -0.2) is 0 Å². The van der Waals surface area contributed by atoms with Crippen LogP contribution in [0.25, 0.3) is 10.9 Å². The quantitative estimate of drug-likeness (QED) is 0.660. The molecule has 2 aromatic carbocycles. The molecule has 28 heavy (non-hydrogen) atoms. The number of aromatic amines is 1. The Balaban J connectivity index is 1.61. The van der Waals surface area contributed by atoms with Crippen LogP contribution < -0.4 is 20.3 Å². The van der Waals surface area contributed by atoms with E-state index in [4.69, 9.17) is 9.47 Å². The van der Waals surface area contributed by atoms with Gasteiger partial charge in [0, 0.05) is 18.5 Å². The van der Waals surface area contributed by atoms with E-state index in [0.717, 1.165) is 22.0 Å². The molecule has 0 saturated heterocycles. The van der Waals surface area contributed by atoms with Gasteiger partial charge in [0.1, 0.15) is 0 Å². The molecule has 0 fully saturated rings. The summed E-state index contributed by atoms with van der Waals surface area (Å²) in [6.45, 7) is 2.34. The summed E-state index contributed by atoms with van der Waals surface area (Å²) in [7, 11) is 3.15. The Morgan fingerprint density at radius 2 is 1.86 bits per heavy atom. The molecule has 0 atom stereocenters. The van der Waals surface area contributed by atoms with Crippen molar-refractivity contribution >= 4 is 16.8 Å². The Bertz CT molecular complexity index is 1060. The maximum absolute atomic E-state index is 12.3. The molecule has 146 valence electrons. The zero-order chi connectivity index (χ0) is 20.1. The molecule has 3 aromatic rings. The van der Waals surface area contributed by atoms with Gasteiger partial charge in [0.2, 0.25) is 5.91 Å². The van der Waals surface area contributed by atoms with E-state index in [1.54, 1.807) is 20.3 Å². The summed E-state index contributed by atoms with van der Waals surface area (Å²) in [6, 6.07) is 13.2. The fraction of sp³-hybridized carbons (Fsp3) is 0.273. The Morgan fingerprint density at radius 3 is 2.61 bits per heavy atom. The summed E-state index contributed by atoms with van der Waals surface area (Å²) in [4.78, 5) is 27.4. The third-order valence-electron chi connectivity index (χ3n) is 4.72. The summed E-state index contributed by atoms with van der Waals surface area (Å²) >= 11 is 0. The van der Waals surface area contributed by atoms with Crippen molar-refractivity contribution in [2.24, 2.45) is 0 Å². The number of pyridine rings is 1. The van der Waals surface area contributed by atoms with E-state index in [9.17, 15) is 9.59 Å². The minimum Gasteiger partial charge on any atom is -0.493 e. The molecule has 0 aliphatic carbocycles. The van der Waals surface area contributed by atoms with Crippen LogP contribution >= 0.6 is 0 Å². The van der Waals surface area contributed by atoms with Crippen LogP contribution in [-0.2, 0) is 17.8 Å². The lowest BCUT2D eigenvalue weighted by molar-refractivity contribution is -0.121. The first-order valence-electron chi connectivity index (χ1n) is 9.11. The number of methoxy groups -OCH3 is 2. The van der Waals surface area contributed by atoms with Crippen LogP contribution in [0.3, 0.4) is 0 Å². The highest BCUT2D eigenvalue weighted by Gasteiger charge is 2.09. The predicted octanol–water partition coefficient (Wildman–Crippen LogP) is 3.10. The van der Waals surface area contributed by atoms with E-state index in [1.807, 2.05) is 43.3 Å². The number of fused-ring (bicyclic) bond motifs is 1. The van der Waals surface area contributed by atoms with Gasteiger partial charge in [0.25, 0.3) is 5.56 Å². The fourth-order valence-corrected chi connectivity index (χ4v) is 3.14. The van der Waals surface area contributed by atoms with Crippen LogP contribution in [0.4, 0.5) is 0 Å². The van der Waals surface area contributed by atoms with Gasteiger partial charge in [-0.15, -0.1) is 0 Å². The smallest absolute Gasteiger partial charge is 0.251 e. The first kappa shape index (κ1) is 19.5. The Labute approximate surface area is 163 Å². The number of carbonyl (C=O) groups excluding carboxylic acids is 1. The minimum absolute atomic E-state index is 0.112. The van der Waals surface area contributed by atoms with Gasteiger partial charge >= 0.3 is 0 Å². The maximum Gasteiger partial charge on any atom is 0.251 e. The summed E-state index contributed by atoms with van der Waals surface area (Å²) in [6.07, 6.45) is 0.630. The first-order chi connectivity index (χ1) is 13.5. The van der Waals surface area contributed by atoms with Gasteiger partial charge in [0.15, 0.2) is 11.5 Å². The number of ether oxygens (including phenoxy) is 2. The third kappa shape index (κ3) is 4.34. The van der Waals surface area contributed by atoms with E-state index in [2.05, 4.69) is 10.3 Å². The number of amides is 1. The molecule has 0 bridgehead atoms. The number of aryl methyl sites for hydroxylation is 2. The molecular formula is C22H24N2O4. The van der Waals surface area contributed by atoms with Crippen molar-refractivity contribution in [3.63, 3.8) is 0 Å². The van der Waals surface area contributed by atoms with Crippen molar-refractivity contribution in [3.05, 3.63) is 69.5 Å². The van der Waals surface area contributed by atoms with Crippen molar-refractivity contribution in [1.82, 2.24) is 10.3 Å². The maximum atomic E-state index is 12.3. The molecule has 0 spiro atoms. The van der Waals surface area contributed by atoms with Crippen LogP contribution in [0.5, 0.6) is 11.5 Å². The Morgan fingerprint density at radius 1 is 1.07 bits per heavy atom.